The van der Waals surface area contributed by atoms with Crippen molar-refractivity contribution >= 4 is 5.91 Å². The monoisotopic (exact) mass is 333 g/mol. The smallest absolute Gasteiger partial charge is 0.341 e. The molecule has 1 unspecified atom stereocenters. The second-order valence-corrected chi connectivity index (χ2v) is 6.67. The molecule has 0 radical (unpaired) electrons. The van der Waals surface area contributed by atoms with Crippen LogP contribution in [-0.4, -0.2) is 62.7 Å². The fourth-order valence-electron chi connectivity index (χ4n) is 4.01. The van der Waals surface area contributed by atoms with Gasteiger partial charge in [-0.05, 0) is 39.2 Å². The highest BCUT2D eigenvalue weighted by molar-refractivity contribution is 5.82. The number of H-pyrrole nitrogens is 1. The van der Waals surface area contributed by atoms with Crippen LogP contribution in [0.4, 0.5) is 0 Å². The molecule has 2 fully saturated rings. The van der Waals surface area contributed by atoms with Gasteiger partial charge in [-0.1, -0.05) is 6.08 Å². The topological polar surface area (TPSA) is 74.2 Å². The van der Waals surface area contributed by atoms with Crippen molar-refractivity contribution in [2.24, 2.45) is 0 Å². The first-order valence-electron chi connectivity index (χ1n) is 8.94. The lowest BCUT2D eigenvalue weighted by Gasteiger charge is -2.35. The molecule has 1 aromatic rings. The Kier molecular flexibility index (Phi) is 5.18. The average Bonchev–Trinajstić information content (AvgIpc) is 3.21. The molecule has 0 aliphatic carbocycles. The van der Waals surface area contributed by atoms with Crippen molar-refractivity contribution in [3.63, 3.8) is 0 Å². The summed E-state index contributed by atoms with van der Waals surface area (Å²) in [6.07, 6.45) is 5.63. The minimum Gasteiger partial charge on any atom is -0.341 e. The minimum absolute atomic E-state index is 0.0127. The molecule has 7 heteroatoms. The van der Waals surface area contributed by atoms with E-state index in [1.807, 2.05) is 17.9 Å². The molecule has 0 bridgehead atoms. The molecule has 24 heavy (non-hydrogen) atoms. The van der Waals surface area contributed by atoms with Crippen LogP contribution in [0.25, 0.3) is 0 Å². The van der Waals surface area contributed by atoms with Crippen molar-refractivity contribution in [3.8, 4) is 0 Å². The van der Waals surface area contributed by atoms with Crippen molar-refractivity contribution in [1.29, 1.82) is 0 Å². The number of hydrogen-bond acceptors (Lipinski definition) is 4. The second kappa shape index (κ2) is 7.34. The summed E-state index contributed by atoms with van der Waals surface area (Å²) >= 11 is 0. The third-order valence-electron chi connectivity index (χ3n) is 5.29. The van der Waals surface area contributed by atoms with E-state index < -0.39 is 0 Å². The number of carbonyl (C=O) groups is 1. The van der Waals surface area contributed by atoms with E-state index in [-0.39, 0.29) is 23.6 Å². The Labute approximate surface area is 142 Å². The molecular formula is C17H27N5O2. The van der Waals surface area contributed by atoms with E-state index in [1.165, 1.54) is 0 Å². The molecule has 7 nitrogen and oxygen atoms in total. The van der Waals surface area contributed by atoms with Crippen LogP contribution in [0.5, 0.6) is 0 Å². The van der Waals surface area contributed by atoms with Gasteiger partial charge in [0.25, 0.3) is 0 Å². The molecule has 132 valence electrons. The van der Waals surface area contributed by atoms with Crippen LogP contribution in [0, 0.1) is 0 Å². The summed E-state index contributed by atoms with van der Waals surface area (Å²) in [5, 5.41) is 6.74. The summed E-state index contributed by atoms with van der Waals surface area (Å²) in [5.74, 6) is 1.34. The lowest BCUT2D eigenvalue weighted by Crippen LogP contribution is -2.48. The van der Waals surface area contributed by atoms with Crippen LogP contribution in [0.15, 0.2) is 17.4 Å². The number of rotatable bonds is 5. The maximum absolute atomic E-state index is 12.8. The molecule has 3 rings (SSSR count). The number of hydrogen-bond donors (Lipinski definition) is 1. The van der Waals surface area contributed by atoms with Gasteiger partial charge in [0.1, 0.15) is 5.82 Å². The molecule has 2 aliphatic rings. The molecule has 2 aliphatic heterocycles. The number of piperidine rings is 1. The molecule has 1 atom stereocenters. The van der Waals surface area contributed by atoms with Crippen LogP contribution in [0.1, 0.15) is 44.3 Å². The first-order valence-corrected chi connectivity index (χ1v) is 8.94. The Morgan fingerprint density at radius 2 is 2.08 bits per heavy atom. The highest BCUT2D eigenvalue weighted by atomic mass is 16.2. The predicted molar refractivity (Wildman–Crippen MR) is 91.9 cm³/mol. The summed E-state index contributed by atoms with van der Waals surface area (Å²) in [5.41, 5.74) is -0.142. The van der Waals surface area contributed by atoms with Crippen molar-refractivity contribution in [1.82, 2.24) is 24.6 Å². The van der Waals surface area contributed by atoms with Crippen molar-refractivity contribution in [2.45, 2.75) is 51.1 Å². The van der Waals surface area contributed by atoms with Gasteiger partial charge in [0, 0.05) is 32.1 Å². The van der Waals surface area contributed by atoms with Gasteiger partial charge in [0.15, 0.2) is 0 Å². The molecule has 1 aromatic heterocycles. The fourth-order valence-corrected chi connectivity index (χ4v) is 4.01. The molecule has 0 spiro atoms. The van der Waals surface area contributed by atoms with E-state index in [2.05, 4.69) is 21.7 Å². The van der Waals surface area contributed by atoms with Gasteiger partial charge in [-0.25, -0.2) is 9.89 Å². The van der Waals surface area contributed by atoms with Gasteiger partial charge in [-0.3, -0.25) is 14.3 Å². The largest absolute Gasteiger partial charge is 0.343 e. The Bertz CT molecular complexity index is 642. The summed E-state index contributed by atoms with van der Waals surface area (Å²) in [6.45, 7) is 9.61. The number of likely N-dealkylation sites (tertiary alicyclic amines) is 2. The summed E-state index contributed by atoms with van der Waals surface area (Å²) in [6, 6.07) is 0.0127. The van der Waals surface area contributed by atoms with Crippen LogP contribution in [-0.2, 0) is 11.3 Å². The standard InChI is InChI=1S/C17H27N5O2/c1-3-9-20-10-5-6-14(20)16(23)21-11-7-13(8-12-21)15-18-19-17(24)22(15)4-2/h3,13-14H,1,4-12H2,2H3,(H,19,24). The highest BCUT2D eigenvalue weighted by Crippen LogP contribution is 2.28. The third kappa shape index (κ3) is 3.17. The van der Waals surface area contributed by atoms with Gasteiger partial charge in [0.2, 0.25) is 5.91 Å². The first-order chi connectivity index (χ1) is 11.7. The quantitative estimate of drug-likeness (QED) is 0.814. The second-order valence-electron chi connectivity index (χ2n) is 6.67. The Morgan fingerprint density at radius 1 is 1.33 bits per heavy atom. The predicted octanol–water partition coefficient (Wildman–Crippen LogP) is 0.948. The highest BCUT2D eigenvalue weighted by Gasteiger charge is 2.35. The normalized spacial score (nSPS) is 22.9. The Hall–Kier alpha value is -1.89. The lowest BCUT2D eigenvalue weighted by atomic mass is 9.95. The van der Waals surface area contributed by atoms with E-state index >= 15 is 0 Å². The van der Waals surface area contributed by atoms with Gasteiger partial charge < -0.3 is 4.90 Å². The maximum Gasteiger partial charge on any atom is 0.343 e. The van der Waals surface area contributed by atoms with Crippen LogP contribution in [0.3, 0.4) is 0 Å². The average molecular weight is 333 g/mol. The van der Waals surface area contributed by atoms with Crippen molar-refractivity contribution in [2.75, 3.05) is 26.2 Å². The number of carbonyl (C=O) groups excluding carboxylic acids is 1. The fraction of sp³-hybridized carbons (Fsp3) is 0.706. The van der Waals surface area contributed by atoms with Crippen LogP contribution >= 0.6 is 0 Å². The number of amides is 1. The van der Waals surface area contributed by atoms with Gasteiger partial charge in [0.05, 0.1) is 6.04 Å². The summed E-state index contributed by atoms with van der Waals surface area (Å²) < 4.78 is 1.70. The van der Waals surface area contributed by atoms with E-state index in [4.69, 9.17) is 0 Å². The van der Waals surface area contributed by atoms with E-state index in [1.54, 1.807) is 4.57 Å². The van der Waals surface area contributed by atoms with Gasteiger partial charge >= 0.3 is 5.69 Å². The maximum atomic E-state index is 12.8. The van der Waals surface area contributed by atoms with Crippen molar-refractivity contribution in [3.05, 3.63) is 29.0 Å². The molecule has 1 N–H and O–H groups in total. The zero-order valence-electron chi connectivity index (χ0n) is 14.4. The third-order valence-corrected chi connectivity index (χ3v) is 5.29. The Morgan fingerprint density at radius 3 is 2.75 bits per heavy atom. The van der Waals surface area contributed by atoms with E-state index in [0.29, 0.717) is 6.54 Å². The molecule has 0 saturated carbocycles. The first kappa shape index (κ1) is 17.0. The molecule has 1 amide bonds. The SMILES string of the molecule is C=CCN1CCCC1C(=O)N1CCC(c2n[nH]c(=O)n2CC)CC1. The summed E-state index contributed by atoms with van der Waals surface area (Å²) in [7, 11) is 0. The van der Waals surface area contributed by atoms with E-state index in [0.717, 1.165) is 57.7 Å². The molecule has 0 aromatic carbocycles. The Balaban J connectivity index is 1.61. The van der Waals surface area contributed by atoms with Crippen LogP contribution < -0.4 is 5.69 Å². The molecular weight excluding hydrogens is 306 g/mol. The number of nitrogens with one attached hydrogen (secondary N) is 1. The number of nitrogens with zero attached hydrogens (tertiary/aromatic N) is 4. The molecule has 2 saturated heterocycles. The van der Waals surface area contributed by atoms with Gasteiger partial charge in [-0.2, -0.15) is 5.10 Å². The zero-order chi connectivity index (χ0) is 17.1. The molecule has 3 heterocycles. The van der Waals surface area contributed by atoms with Crippen LogP contribution in [0.2, 0.25) is 0 Å². The van der Waals surface area contributed by atoms with Crippen molar-refractivity contribution < 1.29 is 4.79 Å². The lowest BCUT2D eigenvalue weighted by molar-refractivity contribution is -0.136. The number of aromatic amines is 1. The zero-order valence-corrected chi connectivity index (χ0v) is 14.4. The number of aromatic nitrogens is 3. The van der Waals surface area contributed by atoms with E-state index in [9.17, 15) is 9.59 Å². The van der Waals surface area contributed by atoms with Gasteiger partial charge in [-0.15, -0.1) is 6.58 Å². The minimum atomic E-state index is -0.142. The summed E-state index contributed by atoms with van der Waals surface area (Å²) in [4.78, 5) is 28.8.